The molecule has 1 aliphatic heterocycles. The Bertz CT molecular complexity index is 611. The lowest BCUT2D eigenvalue weighted by molar-refractivity contribution is 0.0718. The number of hydrogen-bond acceptors (Lipinski definition) is 3. The monoisotopic (exact) mass is 257 g/mol. The molecule has 0 N–H and O–H groups in total. The first-order chi connectivity index (χ1) is 9.28. The fourth-order valence-electron chi connectivity index (χ4n) is 2.35. The van der Waals surface area contributed by atoms with E-state index in [1.54, 1.807) is 12.0 Å². The molecule has 0 radical (unpaired) electrons. The second-order valence-corrected chi connectivity index (χ2v) is 4.60. The number of ether oxygens (including phenoxy) is 2. The lowest BCUT2D eigenvalue weighted by Gasteiger charge is -2.13. The van der Waals surface area contributed by atoms with Gasteiger partial charge in [0, 0.05) is 12.8 Å². The molecule has 0 aromatic heterocycles. The van der Waals surface area contributed by atoms with Crippen LogP contribution in [0.2, 0.25) is 0 Å². The molecular formula is C15H15NO3. The van der Waals surface area contributed by atoms with Gasteiger partial charge in [-0.15, -0.1) is 0 Å². The fraction of sp³-hybridized carbons (Fsp3) is 0.267. The van der Waals surface area contributed by atoms with Crippen LogP contribution in [0.5, 0.6) is 0 Å². The summed E-state index contributed by atoms with van der Waals surface area (Å²) in [6, 6.07) is 14.0. The molecule has 98 valence electrons. The maximum Gasteiger partial charge on any atom is 0.414 e. The maximum atomic E-state index is 11.8. The van der Waals surface area contributed by atoms with Gasteiger partial charge in [-0.05, 0) is 22.9 Å². The first kappa shape index (κ1) is 12.0. The average Bonchev–Trinajstić information content (AvgIpc) is 2.79. The van der Waals surface area contributed by atoms with Gasteiger partial charge in [0.2, 0.25) is 0 Å². The predicted molar refractivity (Wildman–Crippen MR) is 73.4 cm³/mol. The van der Waals surface area contributed by atoms with Crippen molar-refractivity contribution in [2.45, 2.75) is 6.10 Å². The summed E-state index contributed by atoms with van der Waals surface area (Å²) in [4.78, 5) is 13.5. The number of cyclic esters (lactones) is 1. The van der Waals surface area contributed by atoms with Crippen molar-refractivity contribution in [1.29, 1.82) is 0 Å². The van der Waals surface area contributed by atoms with E-state index in [0.717, 1.165) is 16.5 Å². The fourth-order valence-corrected chi connectivity index (χ4v) is 2.35. The van der Waals surface area contributed by atoms with E-state index in [9.17, 15) is 4.79 Å². The molecule has 1 fully saturated rings. The standard InChI is InChI=1S/C15H15NO3/c1-18-10-14-9-16(15(17)19-14)13-7-6-11-4-2-3-5-12(11)8-13/h2-8,14H,9-10H2,1H3/t14-/m1/s1. The van der Waals surface area contributed by atoms with E-state index in [4.69, 9.17) is 9.47 Å². The number of rotatable bonds is 3. The minimum atomic E-state index is -0.308. The van der Waals surface area contributed by atoms with Crippen molar-refractivity contribution in [3.8, 4) is 0 Å². The van der Waals surface area contributed by atoms with Crippen molar-refractivity contribution < 1.29 is 14.3 Å². The summed E-state index contributed by atoms with van der Waals surface area (Å²) >= 11 is 0. The van der Waals surface area contributed by atoms with Crippen molar-refractivity contribution in [2.75, 3.05) is 25.2 Å². The van der Waals surface area contributed by atoms with Crippen LogP contribution in [0.25, 0.3) is 10.8 Å². The molecule has 0 aliphatic carbocycles. The number of anilines is 1. The van der Waals surface area contributed by atoms with E-state index >= 15 is 0 Å². The first-order valence-corrected chi connectivity index (χ1v) is 6.24. The SMILES string of the molecule is COC[C@H]1CN(c2ccc3ccccc3c2)C(=O)O1. The number of nitrogens with zero attached hydrogens (tertiary/aromatic N) is 1. The van der Waals surface area contributed by atoms with Gasteiger partial charge in [-0.25, -0.2) is 4.79 Å². The summed E-state index contributed by atoms with van der Waals surface area (Å²) in [5, 5.41) is 2.27. The third-order valence-corrected chi connectivity index (χ3v) is 3.27. The van der Waals surface area contributed by atoms with Crippen molar-refractivity contribution in [3.05, 3.63) is 42.5 Å². The van der Waals surface area contributed by atoms with Crippen molar-refractivity contribution in [2.24, 2.45) is 0 Å². The lowest BCUT2D eigenvalue weighted by Crippen LogP contribution is -2.25. The third-order valence-electron chi connectivity index (χ3n) is 3.27. The zero-order valence-electron chi connectivity index (χ0n) is 10.7. The summed E-state index contributed by atoms with van der Waals surface area (Å²) in [5.41, 5.74) is 0.863. The summed E-state index contributed by atoms with van der Waals surface area (Å²) in [7, 11) is 1.60. The molecule has 1 heterocycles. The number of amides is 1. The van der Waals surface area contributed by atoms with Gasteiger partial charge in [-0.3, -0.25) is 4.90 Å². The summed E-state index contributed by atoms with van der Waals surface area (Å²) in [6.45, 7) is 0.959. The minimum absolute atomic E-state index is 0.191. The number of fused-ring (bicyclic) bond motifs is 1. The van der Waals surface area contributed by atoms with E-state index in [0.29, 0.717) is 13.2 Å². The van der Waals surface area contributed by atoms with Crippen LogP contribution in [-0.2, 0) is 9.47 Å². The topological polar surface area (TPSA) is 38.8 Å². The van der Waals surface area contributed by atoms with E-state index < -0.39 is 0 Å². The Morgan fingerprint density at radius 3 is 2.84 bits per heavy atom. The molecule has 2 aromatic carbocycles. The number of hydrogen-bond donors (Lipinski definition) is 0. The predicted octanol–water partition coefficient (Wildman–Crippen LogP) is 2.81. The van der Waals surface area contributed by atoms with Gasteiger partial charge < -0.3 is 9.47 Å². The largest absolute Gasteiger partial charge is 0.441 e. The highest BCUT2D eigenvalue weighted by Gasteiger charge is 2.32. The van der Waals surface area contributed by atoms with Gasteiger partial charge in [-0.2, -0.15) is 0 Å². The van der Waals surface area contributed by atoms with E-state index in [-0.39, 0.29) is 12.2 Å². The van der Waals surface area contributed by atoms with Crippen LogP contribution in [0, 0.1) is 0 Å². The molecule has 1 amide bonds. The van der Waals surface area contributed by atoms with Gasteiger partial charge >= 0.3 is 6.09 Å². The number of methoxy groups -OCH3 is 1. The van der Waals surface area contributed by atoms with Crippen LogP contribution in [0.15, 0.2) is 42.5 Å². The van der Waals surface area contributed by atoms with Crippen LogP contribution in [-0.4, -0.2) is 32.5 Å². The quantitative estimate of drug-likeness (QED) is 0.848. The smallest absolute Gasteiger partial charge is 0.414 e. The van der Waals surface area contributed by atoms with Crippen molar-refractivity contribution >= 4 is 22.6 Å². The van der Waals surface area contributed by atoms with Crippen LogP contribution in [0.1, 0.15) is 0 Å². The number of carbonyl (C=O) groups excluding carboxylic acids is 1. The van der Waals surface area contributed by atoms with Gasteiger partial charge in [0.1, 0.15) is 6.10 Å². The molecule has 3 rings (SSSR count). The molecule has 1 atom stereocenters. The third kappa shape index (κ3) is 2.27. The Labute approximate surface area is 111 Å². The first-order valence-electron chi connectivity index (χ1n) is 6.24. The van der Waals surface area contributed by atoms with E-state index in [1.165, 1.54) is 0 Å². The minimum Gasteiger partial charge on any atom is -0.441 e. The molecule has 19 heavy (non-hydrogen) atoms. The summed E-state index contributed by atoms with van der Waals surface area (Å²) in [5.74, 6) is 0. The molecule has 4 nitrogen and oxygen atoms in total. The van der Waals surface area contributed by atoms with Gasteiger partial charge in [0.25, 0.3) is 0 Å². The average molecular weight is 257 g/mol. The second-order valence-electron chi connectivity index (χ2n) is 4.60. The zero-order chi connectivity index (χ0) is 13.2. The van der Waals surface area contributed by atoms with Crippen LogP contribution in [0.3, 0.4) is 0 Å². The summed E-state index contributed by atoms with van der Waals surface area (Å²) < 4.78 is 10.3. The van der Waals surface area contributed by atoms with Crippen molar-refractivity contribution in [1.82, 2.24) is 0 Å². The normalized spacial score (nSPS) is 18.9. The van der Waals surface area contributed by atoms with Gasteiger partial charge in [0.15, 0.2) is 0 Å². The van der Waals surface area contributed by atoms with Crippen molar-refractivity contribution in [3.63, 3.8) is 0 Å². The molecule has 1 aliphatic rings. The van der Waals surface area contributed by atoms with E-state index in [2.05, 4.69) is 6.07 Å². The molecule has 0 bridgehead atoms. The molecule has 0 spiro atoms. The highest BCUT2D eigenvalue weighted by atomic mass is 16.6. The molecular weight excluding hydrogens is 242 g/mol. The molecule has 0 saturated carbocycles. The van der Waals surface area contributed by atoms with E-state index in [1.807, 2.05) is 36.4 Å². The van der Waals surface area contributed by atoms with Gasteiger partial charge in [0.05, 0.1) is 13.2 Å². The zero-order valence-corrected chi connectivity index (χ0v) is 10.7. The summed E-state index contributed by atoms with van der Waals surface area (Å²) in [6.07, 6.45) is -0.499. The van der Waals surface area contributed by atoms with Crippen LogP contribution >= 0.6 is 0 Å². The molecule has 2 aromatic rings. The Morgan fingerprint density at radius 2 is 2.05 bits per heavy atom. The Balaban J connectivity index is 1.90. The molecule has 4 heteroatoms. The lowest BCUT2D eigenvalue weighted by atomic mass is 10.1. The molecule has 0 unspecified atom stereocenters. The van der Waals surface area contributed by atoms with Crippen LogP contribution < -0.4 is 4.90 Å². The maximum absolute atomic E-state index is 11.8. The highest BCUT2D eigenvalue weighted by Crippen LogP contribution is 2.25. The van der Waals surface area contributed by atoms with Crippen LogP contribution in [0.4, 0.5) is 10.5 Å². The Morgan fingerprint density at radius 1 is 1.26 bits per heavy atom. The Hall–Kier alpha value is -2.07. The van der Waals surface area contributed by atoms with Gasteiger partial charge in [-0.1, -0.05) is 30.3 Å². The second kappa shape index (κ2) is 4.90. The Kier molecular flexibility index (Phi) is 3.09. The highest BCUT2D eigenvalue weighted by molar-refractivity contribution is 5.94. The molecule has 1 saturated heterocycles. The number of carbonyl (C=O) groups is 1. The number of benzene rings is 2.